The van der Waals surface area contributed by atoms with Crippen LogP contribution < -0.4 is 0 Å². The molecule has 0 amide bonds. The van der Waals surface area contributed by atoms with Gasteiger partial charge >= 0.3 is 0 Å². The van der Waals surface area contributed by atoms with Gasteiger partial charge in [-0.3, -0.25) is 14.4 Å². The molecule has 4 unspecified atom stereocenters. The molecule has 0 heterocycles. The summed E-state index contributed by atoms with van der Waals surface area (Å²) in [6.07, 6.45) is 3.11. The number of phenols is 3. The first kappa shape index (κ1) is 26.9. The molecule has 192 valence electrons. The first-order chi connectivity index (χ1) is 16.2. The van der Waals surface area contributed by atoms with Gasteiger partial charge < -0.3 is 20.1 Å². The van der Waals surface area contributed by atoms with Crippen molar-refractivity contribution in [2.45, 2.75) is 79.6 Å². The van der Waals surface area contributed by atoms with Crippen LogP contribution in [0, 0.1) is 34.5 Å². The van der Waals surface area contributed by atoms with Gasteiger partial charge in [0.25, 0.3) is 0 Å². The van der Waals surface area contributed by atoms with Crippen LogP contribution in [-0.4, -0.2) is 39.5 Å². The molecule has 1 aromatic carbocycles. The second kappa shape index (κ2) is 9.40. The van der Waals surface area contributed by atoms with Crippen molar-refractivity contribution in [2.24, 2.45) is 34.5 Å². The highest BCUT2D eigenvalue weighted by atomic mass is 16.3. The Bertz CT molecular complexity index is 1020. The van der Waals surface area contributed by atoms with Gasteiger partial charge in [0.2, 0.25) is 0 Å². The number of ketones is 2. The summed E-state index contributed by atoms with van der Waals surface area (Å²) in [4.78, 5) is 48.5. The molecule has 0 aromatic heterocycles. The molecular weight excluding hydrogens is 448 g/mol. The van der Waals surface area contributed by atoms with Crippen LogP contribution in [-0.2, 0) is 9.59 Å². The largest absolute Gasteiger partial charge is 0.507 e. The van der Waals surface area contributed by atoms with Crippen molar-refractivity contribution < 1.29 is 34.5 Å². The lowest BCUT2D eigenvalue weighted by Crippen LogP contribution is -2.36. The van der Waals surface area contributed by atoms with E-state index in [1.54, 1.807) is 6.92 Å². The van der Waals surface area contributed by atoms with Gasteiger partial charge in [0, 0.05) is 24.3 Å². The average Bonchev–Trinajstić information content (AvgIpc) is 3.14. The van der Waals surface area contributed by atoms with Crippen molar-refractivity contribution in [3.63, 3.8) is 0 Å². The number of Topliss-reactive ketones (excluding diaryl/α,β-unsaturated/α-hetero) is 2. The Hall–Kier alpha value is -2.70. The minimum absolute atomic E-state index is 0.0432. The van der Waals surface area contributed by atoms with Crippen LogP contribution in [0.1, 0.15) is 106 Å². The van der Waals surface area contributed by atoms with Crippen LogP contribution in [0.15, 0.2) is 0 Å². The fourth-order valence-corrected chi connectivity index (χ4v) is 6.94. The van der Waals surface area contributed by atoms with Crippen LogP contribution in [0.2, 0.25) is 0 Å². The molecule has 2 aliphatic rings. The second-order valence-corrected chi connectivity index (χ2v) is 11.8. The van der Waals surface area contributed by atoms with Gasteiger partial charge in [-0.15, -0.1) is 0 Å². The van der Waals surface area contributed by atoms with E-state index in [-0.39, 0.29) is 58.8 Å². The minimum Gasteiger partial charge on any atom is -0.507 e. The van der Waals surface area contributed by atoms with Gasteiger partial charge in [-0.25, -0.2) is 0 Å². The number of carbonyl (C=O) groups is 4. The van der Waals surface area contributed by atoms with Gasteiger partial charge in [0.05, 0.1) is 11.1 Å². The number of hydrogen-bond donors (Lipinski definition) is 3. The predicted molar refractivity (Wildman–Crippen MR) is 131 cm³/mol. The highest BCUT2D eigenvalue weighted by molar-refractivity contribution is 5.95. The summed E-state index contributed by atoms with van der Waals surface area (Å²) in [5.74, 6) is -2.13. The van der Waals surface area contributed by atoms with Crippen molar-refractivity contribution in [3.05, 3.63) is 16.7 Å². The van der Waals surface area contributed by atoms with Gasteiger partial charge in [-0.1, -0.05) is 34.6 Å². The zero-order chi connectivity index (χ0) is 26.5. The molecule has 0 saturated heterocycles. The Morgan fingerprint density at radius 1 is 1.03 bits per heavy atom. The summed E-state index contributed by atoms with van der Waals surface area (Å²) in [7, 11) is 0. The monoisotopic (exact) mass is 486 g/mol. The van der Waals surface area contributed by atoms with E-state index < -0.39 is 39.7 Å². The third-order valence-corrected chi connectivity index (χ3v) is 8.89. The Morgan fingerprint density at radius 3 is 2.03 bits per heavy atom. The highest BCUT2D eigenvalue weighted by Gasteiger charge is 2.67. The summed E-state index contributed by atoms with van der Waals surface area (Å²) in [5, 5.41) is 32.4. The van der Waals surface area contributed by atoms with Gasteiger partial charge in [0.1, 0.15) is 28.8 Å². The molecule has 2 saturated carbocycles. The van der Waals surface area contributed by atoms with E-state index in [4.69, 9.17) is 0 Å². The highest BCUT2D eigenvalue weighted by Crippen LogP contribution is 2.71. The lowest BCUT2D eigenvalue weighted by molar-refractivity contribution is -0.123. The lowest BCUT2D eigenvalue weighted by atomic mass is 9.62. The van der Waals surface area contributed by atoms with Crippen LogP contribution in [0.5, 0.6) is 17.2 Å². The van der Waals surface area contributed by atoms with Crippen molar-refractivity contribution in [2.75, 3.05) is 0 Å². The average molecular weight is 487 g/mol. The van der Waals surface area contributed by atoms with E-state index in [0.717, 1.165) is 0 Å². The Labute approximate surface area is 206 Å². The van der Waals surface area contributed by atoms with E-state index in [0.29, 0.717) is 32.1 Å². The summed E-state index contributed by atoms with van der Waals surface area (Å²) in [6, 6.07) is 0. The number of carbonyl (C=O) groups excluding carboxylic acids is 4. The fourth-order valence-electron chi connectivity index (χ4n) is 6.94. The van der Waals surface area contributed by atoms with Crippen LogP contribution in [0.25, 0.3) is 0 Å². The Morgan fingerprint density at radius 2 is 1.57 bits per heavy atom. The number of phenolic OH excluding ortho intramolecular Hbond substituents is 3. The summed E-state index contributed by atoms with van der Waals surface area (Å²) in [5.41, 5.74) is -1.64. The van der Waals surface area contributed by atoms with E-state index in [1.165, 1.54) is 0 Å². The molecule has 3 rings (SSSR count). The number of rotatable bonds is 10. The molecule has 3 N–H and O–H groups in total. The molecular formula is C28H38O7. The summed E-state index contributed by atoms with van der Waals surface area (Å²) in [6.45, 7) is 11.8. The molecule has 2 fully saturated rings. The van der Waals surface area contributed by atoms with Crippen LogP contribution in [0.3, 0.4) is 0 Å². The molecule has 7 heteroatoms. The number of benzene rings is 1. The lowest BCUT2D eigenvalue weighted by Gasteiger charge is -2.41. The van der Waals surface area contributed by atoms with Gasteiger partial charge in [0.15, 0.2) is 12.6 Å². The van der Waals surface area contributed by atoms with Crippen molar-refractivity contribution in [3.8, 4) is 17.2 Å². The smallest absolute Gasteiger partial charge is 0.157 e. The van der Waals surface area contributed by atoms with Crippen LogP contribution >= 0.6 is 0 Å². The SMILES string of the molecule is CC(=O)CCC1C(C2C(=O)CCC2(C)[C@@H](CC(C)C)c2c(O)c(C=O)c(O)c(C=O)c2O)C1(C)C. The maximum Gasteiger partial charge on any atom is 0.157 e. The fraction of sp³-hybridized carbons (Fsp3) is 0.643. The standard InChI is InChI=1S/C28H38O7/c1-14(2)11-19(21-25(34)16(12-29)24(33)17(13-30)26(21)35)28(6)10-9-20(32)23(28)22-18(27(22,4)5)8-7-15(3)31/h12-14,18-19,22-23,33-35H,7-11H2,1-6H3/t18?,19-,22?,23?,28?/m0/s1. The summed E-state index contributed by atoms with van der Waals surface area (Å²) >= 11 is 0. The zero-order valence-electron chi connectivity index (χ0n) is 21.6. The van der Waals surface area contributed by atoms with Crippen molar-refractivity contribution in [1.29, 1.82) is 0 Å². The van der Waals surface area contributed by atoms with E-state index in [2.05, 4.69) is 13.8 Å². The normalized spacial score (nSPS) is 28.2. The van der Waals surface area contributed by atoms with E-state index in [1.807, 2.05) is 20.8 Å². The van der Waals surface area contributed by atoms with Gasteiger partial charge in [-0.05, 0) is 60.7 Å². The predicted octanol–water partition coefficient (Wildman–Crippen LogP) is 5.18. The zero-order valence-corrected chi connectivity index (χ0v) is 21.6. The molecule has 1 aromatic rings. The first-order valence-corrected chi connectivity index (χ1v) is 12.5. The molecule has 0 aliphatic heterocycles. The Balaban J connectivity index is 2.18. The maximum absolute atomic E-state index is 13.4. The number of aromatic hydroxyl groups is 3. The molecule has 35 heavy (non-hydrogen) atoms. The minimum atomic E-state index is -0.756. The van der Waals surface area contributed by atoms with Crippen LogP contribution in [0.4, 0.5) is 0 Å². The van der Waals surface area contributed by atoms with Gasteiger partial charge in [-0.2, -0.15) is 0 Å². The number of aldehydes is 2. The summed E-state index contributed by atoms with van der Waals surface area (Å²) < 4.78 is 0. The quantitative estimate of drug-likeness (QED) is 0.388. The topological polar surface area (TPSA) is 129 Å². The molecule has 2 aliphatic carbocycles. The number of hydrogen-bond acceptors (Lipinski definition) is 7. The van der Waals surface area contributed by atoms with Crippen molar-refractivity contribution in [1.82, 2.24) is 0 Å². The van der Waals surface area contributed by atoms with E-state index in [9.17, 15) is 34.5 Å². The molecule has 0 spiro atoms. The second-order valence-electron chi connectivity index (χ2n) is 11.8. The molecule has 0 bridgehead atoms. The Kier molecular flexibility index (Phi) is 7.22. The van der Waals surface area contributed by atoms with E-state index >= 15 is 0 Å². The van der Waals surface area contributed by atoms with Crippen molar-refractivity contribution >= 4 is 24.1 Å². The molecule has 5 atom stereocenters. The third kappa shape index (κ3) is 4.38. The third-order valence-electron chi connectivity index (χ3n) is 8.89. The molecule has 7 nitrogen and oxygen atoms in total. The molecule has 0 radical (unpaired) electrons. The maximum atomic E-state index is 13.4. The first-order valence-electron chi connectivity index (χ1n) is 12.5.